The Morgan fingerprint density at radius 2 is 2.39 bits per heavy atom. The molecule has 0 spiro atoms. The maximum absolute atomic E-state index is 13.6. The molecule has 1 heterocycles. The van der Waals surface area contributed by atoms with Gasteiger partial charge in [0.15, 0.2) is 0 Å². The Morgan fingerprint density at radius 1 is 1.61 bits per heavy atom. The van der Waals surface area contributed by atoms with Crippen molar-refractivity contribution in [2.24, 2.45) is 0 Å². The third-order valence-corrected chi connectivity index (χ3v) is 4.14. The maximum Gasteiger partial charge on any atom is 0.255 e. The van der Waals surface area contributed by atoms with E-state index in [2.05, 4.69) is 11.4 Å². The molecule has 0 radical (unpaired) electrons. The van der Waals surface area contributed by atoms with Crippen molar-refractivity contribution in [3.63, 3.8) is 0 Å². The summed E-state index contributed by atoms with van der Waals surface area (Å²) in [5, 5.41) is 11.8. The SMILES string of the molecule is Cc1ccc(F)c(C(=O)NC2(C#N)CCSC2)c1. The van der Waals surface area contributed by atoms with Crippen LogP contribution in [0.15, 0.2) is 18.2 Å². The molecule has 1 aliphatic rings. The minimum Gasteiger partial charge on any atom is -0.333 e. The number of carbonyl (C=O) groups excluding carboxylic acids is 1. The zero-order chi connectivity index (χ0) is 13.2. The molecule has 1 amide bonds. The number of thioether (sulfide) groups is 1. The van der Waals surface area contributed by atoms with Crippen molar-refractivity contribution in [3.05, 3.63) is 35.1 Å². The van der Waals surface area contributed by atoms with E-state index in [0.717, 1.165) is 11.3 Å². The summed E-state index contributed by atoms with van der Waals surface area (Å²) >= 11 is 1.62. The number of carbonyl (C=O) groups is 1. The molecular formula is C13H13FN2OS. The molecular weight excluding hydrogens is 251 g/mol. The van der Waals surface area contributed by atoms with E-state index < -0.39 is 17.3 Å². The molecule has 1 aliphatic heterocycles. The van der Waals surface area contributed by atoms with E-state index in [1.807, 2.05) is 0 Å². The normalized spacial score (nSPS) is 22.5. The van der Waals surface area contributed by atoms with Gasteiger partial charge in [-0.2, -0.15) is 17.0 Å². The van der Waals surface area contributed by atoms with E-state index in [1.54, 1.807) is 24.8 Å². The van der Waals surface area contributed by atoms with Gasteiger partial charge in [0.05, 0.1) is 11.6 Å². The summed E-state index contributed by atoms with van der Waals surface area (Å²) in [6.45, 7) is 1.79. The summed E-state index contributed by atoms with van der Waals surface area (Å²) in [7, 11) is 0. The smallest absolute Gasteiger partial charge is 0.255 e. The molecule has 94 valence electrons. The molecule has 0 aliphatic carbocycles. The van der Waals surface area contributed by atoms with Crippen molar-refractivity contribution >= 4 is 17.7 Å². The highest BCUT2D eigenvalue weighted by molar-refractivity contribution is 7.99. The lowest BCUT2D eigenvalue weighted by molar-refractivity contribution is 0.0922. The van der Waals surface area contributed by atoms with Gasteiger partial charge in [-0.25, -0.2) is 4.39 Å². The predicted molar refractivity (Wildman–Crippen MR) is 68.9 cm³/mol. The van der Waals surface area contributed by atoms with Crippen molar-refractivity contribution in [2.45, 2.75) is 18.9 Å². The summed E-state index contributed by atoms with van der Waals surface area (Å²) in [6, 6.07) is 6.51. The standard InChI is InChI=1S/C13H13FN2OS/c1-9-2-3-11(14)10(6-9)12(17)16-13(7-15)4-5-18-8-13/h2-3,6H,4-5,8H2,1H3,(H,16,17). The molecule has 1 fully saturated rings. The van der Waals surface area contributed by atoms with E-state index in [9.17, 15) is 9.18 Å². The lowest BCUT2D eigenvalue weighted by Gasteiger charge is -2.21. The van der Waals surface area contributed by atoms with Crippen LogP contribution in [0, 0.1) is 24.1 Å². The van der Waals surface area contributed by atoms with Gasteiger partial charge in [-0.05, 0) is 31.2 Å². The first-order chi connectivity index (χ1) is 8.56. The van der Waals surface area contributed by atoms with Gasteiger partial charge < -0.3 is 5.32 Å². The summed E-state index contributed by atoms with van der Waals surface area (Å²) in [5.41, 5.74) is -0.0346. The Labute approximate surface area is 109 Å². The second kappa shape index (κ2) is 4.99. The summed E-state index contributed by atoms with van der Waals surface area (Å²) in [4.78, 5) is 12.0. The lowest BCUT2D eigenvalue weighted by atomic mass is 10.00. The first-order valence-corrected chi connectivity index (χ1v) is 6.79. The fourth-order valence-corrected chi connectivity index (χ4v) is 3.14. The number of aryl methyl sites for hydroxylation is 1. The van der Waals surface area contributed by atoms with Gasteiger partial charge >= 0.3 is 0 Å². The van der Waals surface area contributed by atoms with E-state index >= 15 is 0 Å². The second-order valence-electron chi connectivity index (χ2n) is 4.43. The van der Waals surface area contributed by atoms with E-state index in [4.69, 9.17) is 5.26 Å². The van der Waals surface area contributed by atoms with Crippen LogP contribution in [0.25, 0.3) is 0 Å². The Hall–Kier alpha value is -1.54. The summed E-state index contributed by atoms with van der Waals surface area (Å²) in [5.74, 6) is 0.324. The largest absolute Gasteiger partial charge is 0.333 e. The Morgan fingerprint density at radius 3 is 3.00 bits per heavy atom. The fourth-order valence-electron chi connectivity index (χ4n) is 1.88. The molecule has 2 rings (SSSR count). The topological polar surface area (TPSA) is 52.9 Å². The molecule has 0 aromatic heterocycles. The number of nitriles is 1. The quantitative estimate of drug-likeness (QED) is 0.891. The predicted octanol–water partition coefficient (Wildman–Crippen LogP) is 2.26. The van der Waals surface area contributed by atoms with Crippen molar-refractivity contribution in [2.75, 3.05) is 11.5 Å². The molecule has 1 N–H and O–H groups in total. The highest BCUT2D eigenvalue weighted by Crippen LogP contribution is 2.27. The molecule has 5 heteroatoms. The van der Waals surface area contributed by atoms with Crippen LogP contribution >= 0.6 is 11.8 Å². The molecule has 1 atom stereocenters. The lowest BCUT2D eigenvalue weighted by Crippen LogP contribution is -2.47. The Bertz CT molecular complexity index is 518. The van der Waals surface area contributed by atoms with Gasteiger partial charge in [-0.15, -0.1) is 0 Å². The number of nitrogens with zero attached hydrogens (tertiary/aromatic N) is 1. The number of nitrogens with one attached hydrogen (secondary N) is 1. The zero-order valence-electron chi connectivity index (χ0n) is 10.00. The van der Waals surface area contributed by atoms with Crippen LogP contribution in [0.3, 0.4) is 0 Å². The minimum absolute atomic E-state index is 0.00141. The third kappa shape index (κ3) is 2.49. The van der Waals surface area contributed by atoms with Crippen LogP contribution in [-0.4, -0.2) is 23.0 Å². The number of halogens is 1. The summed E-state index contributed by atoms with van der Waals surface area (Å²) in [6.07, 6.45) is 0.605. The minimum atomic E-state index is -0.849. The van der Waals surface area contributed by atoms with Crippen LogP contribution < -0.4 is 5.32 Å². The Balaban J connectivity index is 2.22. The van der Waals surface area contributed by atoms with E-state index in [0.29, 0.717) is 12.2 Å². The van der Waals surface area contributed by atoms with Gasteiger partial charge in [0, 0.05) is 5.75 Å². The number of benzene rings is 1. The second-order valence-corrected chi connectivity index (χ2v) is 5.54. The molecule has 3 nitrogen and oxygen atoms in total. The highest BCUT2D eigenvalue weighted by atomic mass is 32.2. The van der Waals surface area contributed by atoms with Gasteiger partial charge in [0.1, 0.15) is 11.4 Å². The van der Waals surface area contributed by atoms with Crippen LogP contribution in [0.5, 0.6) is 0 Å². The van der Waals surface area contributed by atoms with Gasteiger partial charge in [-0.3, -0.25) is 4.79 Å². The van der Waals surface area contributed by atoms with E-state index in [1.165, 1.54) is 12.1 Å². The molecule has 18 heavy (non-hydrogen) atoms. The van der Waals surface area contributed by atoms with Crippen molar-refractivity contribution in [1.29, 1.82) is 5.26 Å². The third-order valence-electron chi connectivity index (χ3n) is 2.95. The molecule has 1 unspecified atom stereocenters. The van der Waals surface area contributed by atoms with Crippen LogP contribution in [0.4, 0.5) is 4.39 Å². The highest BCUT2D eigenvalue weighted by Gasteiger charge is 2.36. The Kier molecular flexibility index (Phi) is 3.58. The molecule has 0 saturated carbocycles. The molecule has 1 saturated heterocycles. The van der Waals surface area contributed by atoms with Crippen LogP contribution in [0.1, 0.15) is 22.3 Å². The van der Waals surface area contributed by atoms with Crippen LogP contribution in [-0.2, 0) is 0 Å². The van der Waals surface area contributed by atoms with Crippen molar-refractivity contribution in [3.8, 4) is 6.07 Å². The monoisotopic (exact) mass is 264 g/mol. The first kappa shape index (κ1) is 12.9. The first-order valence-electron chi connectivity index (χ1n) is 5.64. The molecule has 0 bridgehead atoms. The van der Waals surface area contributed by atoms with Gasteiger partial charge in [-0.1, -0.05) is 11.6 Å². The van der Waals surface area contributed by atoms with Gasteiger partial charge in [0.25, 0.3) is 5.91 Å². The zero-order valence-corrected chi connectivity index (χ0v) is 10.8. The average molecular weight is 264 g/mol. The molecule has 1 aromatic rings. The maximum atomic E-state index is 13.6. The molecule has 1 aromatic carbocycles. The van der Waals surface area contributed by atoms with Gasteiger partial charge in [0.2, 0.25) is 0 Å². The average Bonchev–Trinajstić information content (AvgIpc) is 2.81. The van der Waals surface area contributed by atoms with E-state index in [-0.39, 0.29) is 5.56 Å². The van der Waals surface area contributed by atoms with Crippen molar-refractivity contribution in [1.82, 2.24) is 5.32 Å². The van der Waals surface area contributed by atoms with Crippen LogP contribution in [0.2, 0.25) is 0 Å². The number of hydrogen-bond donors (Lipinski definition) is 1. The fraction of sp³-hybridized carbons (Fsp3) is 0.385. The number of amides is 1. The van der Waals surface area contributed by atoms with Crippen molar-refractivity contribution < 1.29 is 9.18 Å². The summed E-state index contributed by atoms with van der Waals surface area (Å²) < 4.78 is 13.6. The number of rotatable bonds is 2. The number of hydrogen-bond acceptors (Lipinski definition) is 3.